The molecule has 7 nitrogen and oxygen atoms in total. The number of hydrogen-bond donors (Lipinski definition) is 2. The van der Waals surface area contributed by atoms with Crippen LogP contribution >= 0.6 is 12.4 Å². The number of sulfone groups is 1. The molecule has 0 saturated carbocycles. The highest BCUT2D eigenvalue weighted by atomic mass is 35.5. The fourth-order valence-electron chi connectivity index (χ4n) is 2.86. The number of nitrogens with zero attached hydrogens (tertiary/aromatic N) is 2. The van der Waals surface area contributed by atoms with Crippen molar-refractivity contribution in [2.75, 3.05) is 25.9 Å². The van der Waals surface area contributed by atoms with Crippen molar-refractivity contribution in [2.24, 2.45) is 5.92 Å². The molecule has 9 heteroatoms. The molecule has 0 spiro atoms. The van der Waals surface area contributed by atoms with E-state index in [1.54, 1.807) is 24.4 Å². The number of amides is 1. The van der Waals surface area contributed by atoms with Crippen LogP contribution < -0.4 is 10.6 Å². The molecule has 2 aromatic rings. The smallest absolute Gasteiger partial charge is 0.272 e. The van der Waals surface area contributed by atoms with Crippen molar-refractivity contribution < 1.29 is 13.2 Å². The number of nitrogens with one attached hydrogen (secondary N) is 2. The van der Waals surface area contributed by atoms with Gasteiger partial charge in [0, 0.05) is 19.0 Å². The molecule has 3 heterocycles. The normalized spacial score (nSPS) is 18.1. The summed E-state index contributed by atoms with van der Waals surface area (Å²) in [7, 11) is -3.52. The molecule has 2 aromatic heterocycles. The Hall–Kier alpha value is -1.64. The Labute approximate surface area is 147 Å². The molecule has 1 amide bonds. The number of piperidine rings is 1. The SMILES string of the molecule is CS(=O)(=O)c1nc(C(=O)NCC2CCCNC2)c2ccccn12.Cl. The molecule has 0 radical (unpaired) electrons. The van der Waals surface area contributed by atoms with Crippen LogP contribution in [0.3, 0.4) is 0 Å². The van der Waals surface area contributed by atoms with Crippen LogP contribution in [0, 0.1) is 5.92 Å². The van der Waals surface area contributed by atoms with Crippen molar-refractivity contribution >= 4 is 33.7 Å². The summed E-state index contributed by atoms with van der Waals surface area (Å²) < 4.78 is 25.2. The lowest BCUT2D eigenvalue weighted by Gasteiger charge is -2.22. The molecule has 1 saturated heterocycles. The average molecular weight is 373 g/mol. The first-order valence-electron chi connectivity index (χ1n) is 7.63. The van der Waals surface area contributed by atoms with Crippen LogP contribution in [0.2, 0.25) is 0 Å². The number of hydrogen-bond acceptors (Lipinski definition) is 5. The zero-order valence-corrected chi connectivity index (χ0v) is 15.0. The average Bonchev–Trinajstić information content (AvgIpc) is 2.93. The summed E-state index contributed by atoms with van der Waals surface area (Å²) in [5.41, 5.74) is 0.641. The zero-order valence-electron chi connectivity index (χ0n) is 13.4. The lowest BCUT2D eigenvalue weighted by atomic mass is 10.00. The molecule has 24 heavy (non-hydrogen) atoms. The van der Waals surface area contributed by atoms with Gasteiger partial charge in [-0.3, -0.25) is 9.20 Å². The van der Waals surface area contributed by atoms with Gasteiger partial charge in [-0.1, -0.05) is 6.07 Å². The van der Waals surface area contributed by atoms with Crippen molar-refractivity contribution in [3.63, 3.8) is 0 Å². The number of fused-ring (bicyclic) bond motifs is 1. The number of halogens is 1. The van der Waals surface area contributed by atoms with E-state index in [-0.39, 0.29) is 29.2 Å². The van der Waals surface area contributed by atoms with Gasteiger partial charge in [-0.15, -0.1) is 12.4 Å². The number of carbonyl (C=O) groups excluding carboxylic acids is 1. The number of pyridine rings is 1. The van der Waals surface area contributed by atoms with Gasteiger partial charge >= 0.3 is 0 Å². The Morgan fingerprint density at radius 2 is 2.25 bits per heavy atom. The highest BCUT2D eigenvalue weighted by Crippen LogP contribution is 2.17. The van der Waals surface area contributed by atoms with Crippen LogP contribution in [-0.4, -0.2) is 49.6 Å². The Bertz CT molecular complexity index is 828. The molecule has 132 valence electrons. The molecule has 1 aliphatic heterocycles. The summed E-state index contributed by atoms with van der Waals surface area (Å²) in [5.74, 6) is 0.0603. The summed E-state index contributed by atoms with van der Waals surface area (Å²) >= 11 is 0. The van der Waals surface area contributed by atoms with E-state index >= 15 is 0 Å². The van der Waals surface area contributed by atoms with E-state index in [1.165, 1.54) is 4.40 Å². The monoisotopic (exact) mass is 372 g/mol. The maximum atomic E-state index is 12.4. The van der Waals surface area contributed by atoms with E-state index in [0.717, 1.165) is 32.2 Å². The first-order chi connectivity index (χ1) is 11.0. The number of aromatic nitrogens is 2. The van der Waals surface area contributed by atoms with E-state index in [9.17, 15) is 13.2 Å². The van der Waals surface area contributed by atoms with Gasteiger partial charge in [-0.25, -0.2) is 13.4 Å². The standard InChI is InChI=1S/C15H20N4O3S.ClH/c1-23(21,22)15-18-13(12-6-2-3-8-19(12)15)14(20)17-10-11-5-4-7-16-9-11;/h2-3,6,8,11,16H,4-5,7,9-10H2,1H3,(H,17,20);1H. The second kappa shape index (κ2) is 7.50. The van der Waals surface area contributed by atoms with Gasteiger partial charge in [0.05, 0.1) is 5.52 Å². The largest absolute Gasteiger partial charge is 0.350 e. The fourth-order valence-corrected chi connectivity index (χ4v) is 3.63. The lowest BCUT2D eigenvalue weighted by Crippen LogP contribution is -2.38. The third kappa shape index (κ3) is 3.88. The summed E-state index contributed by atoms with van der Waals surface area (Å²) in [5, 5.41) is 6.06. The molecule has 1 aliphatic rings. The van der Waals surface area contributed by atoms with Gasteiger partial charge in [0.1, 0.15) is 0 Å². The van der Waals surface area contributed by atoms with E-state index in [1.807, 2.05) is 0 Å². The minimum atomic E-state index is -3.52. The fraction of sp³-hybridized carbons (Fsp3) is 0.467. The number of rotatable bonds is 4. The maximum absolute atomic E-state index is 12.4. The van der Waals surface area contributed by atoms with Gasteiger partial charge in [0.25, 0.3) is 5.91 Å². The molecule has 2 N–H and O–H groups in total. The van der Waals surface area contributed by atoms with E-state index in [0.29, 0.717) is 18.0 Å². The van der Waals surface area contributed by atoms with Crippen molar-refractivity contribution in [3.05, 3.63) is 30.1 Å². The molecular formula is C15H21ClN4O3S. The molecule has 0 aromatic carbocycles. The lowest BCUT2D eigenvalue weighted by molar-refractivity contribution is 0.0941. The summed E-state index contributed by atoms with van der Waals surface area (Å²) in [4.78, 5) is 16.5. The van der Waals surface area contributed by atoms with E-state index < -0.39 is 9.84 Å². The van der Waals surface area contributed by atoms with Crippen molar-refractivity contribution in [1.82, 2.24) is 20.0 Å². The Morgan fingerprint density at radius 1 is 1.46 bits per heavy atom. The summed E-state index contributed by atoms with van der Waals surface area (Å²) in [6, 6.07) is 5.16. The molecular weight excluding hydrogens is 352 g/mol. The number of carbonyl (C=O) groups is 1. The topological polar surface area (TPSA) is 92.6 Å². The highest BCUT2D eigenvalue weighted by molar-refractivity contribution is 7.90. The Balaban J connectivity index is 0.00000208. The molecule has 0 aliphatic carbocycles. The minimum Gasteiger partial charge on any atom is -0.350 e. The Morgan fingerprint density at radius 3 is 2.92 bits per heavy atom. The molecule has 1 fully saturated rings. The van der Waals surface area contributed by atoms with Crippen molar-refractivity contribution in [2.45, 2.75) is 18.0 Å². The van der Waals surface area contributed by atoms with Crippen LogP contribution in [-0.2, 0) is 9.84 Å². The van der Waals surface area contributed by atoms with E-state index in [2.05, 4.69) is 15.6 Å². The third-order valence-corrected chi connectivity index (χ3v) is 4.96. The van der Waals surface area contributed by atoms with Crippen molar-refractivity contribution in [3.8, 4) is 0 Å². The molecule has 0 bridgehead atoms. The molecule has 1 atom stereocenters. The number of imidazole rings is 1. The van der Waals surface area contributed by atoms with Crippen LogP contribution in [0.5, 0.6) is 0 Å². The second-order valence-electron chi connectivity index (χ2n) is 5.89. The Kier molecular flexibility index (Phi) is 5.84. The zero-order chi connectivity index (χ0) is 16.4. The van der Waals surface area contributed by atoms with Crippen LogP contribution in [0.4, 0.5) is 0 Å². The van der Waals surface area contributed by atoms with Crippen molar-refractivity contribution in [1.29, 1.82) is 0 Å². The van der Waals surface area contributed by atoms with Crippen LogP contribution in [0.1, 0.15) is 23.3 Å². The minimum absolute atomic E-state index is 0. The predicted octanol–water partition coefficient (Wildman–Crippen LogP) is 0.889. The third-order valence-electron chi connectivity index (χ3n) is 4.01. The first kappa shape index (κ1) is 18.7. The van der Waals surface area contributed by atoms with Gasteiger partial charge in [0.15, 0.2) is 5.69 Å². The van der Waals surface area contributed by atoms with Gasteiger partial charge in [-0.2, -0.15) is 0 Å². The summed E-state index contributed by atoms with van der Waals surface area (Å²) in [6.45, 7) is 2.47. The molecule has 1 unspecified atom stereocenters. The van der Waals surface area contributed by atoms with Crippen LogP contribution in [0.15, 0.2) is 29.6 Å². The second-order valence-corrected chi connectivity index (χ2v) is 7.80. The molecule has 3 rings (SSSR count). The van der Waals surface area contributed by atoms with E-state index in [4.69, 9.17) is 0 Å². The first-order valence-corrected chi connectivity index (χ1v) is 9.52. The van der Waals surface area contributed by atoms with Gasteiger partial charge in [-0.05, 0) is 44.0 Å². The predicted molar refractivity (Wildman–Crippen MR) is 93.5 cm³/mol. The quantitative estimate of drug-likeness (QED) is 0.831. The maximum Gasteiger partial charge on any atom is 0.272 e. The van der Waals surface area contributed by atoms with Gasteiger partial charge < -0.3 is 10.6 Å². The summed E-state index contributed by atoms with van der Waals surface area (Å²) in [6.07, 6.45) is 4.86. The highest BCUT2D eigenvalue weighted by Gasteiger charge is 2.23. The van der Waals surface area contributed by atoms with Gasteiger partial charge in [0.2, 0.25) is 15.0 Å². The van der Waals surface area contributed by atoms with Crippen LogP contribution in [0.25, 0.3) is 5.52 Å².